The molecule has 7 nitrogen and oxygen atoms in total. The van der Waals surface area contributed by atoms with Gasteiger partial charge in [-0.05, 0) is 0 Å². The minimum atomic E-state index is -1.10. The molecular weight excluding hydrogens is 280 g/mol. The molecule has 0 amide bonds. The maximum Gasteiger partial charge on any atom is 0.321 e. The molecule has 0 aliphatic rings. The number of hydrogen-bond acceptors (Lipinski definition) is 7. The molecular formula is C9H16N2O5S2. The van der Waals surface area contributed by atoms with E-state index in [-0.39, 0.29) is 28.8 Å². The number of nitrogens with two attached hydrogens (primary N) is 2. The summed E-state index contributed by atoms with van der Waals surface area (Å²) in [5.41, 5.74) is 10.5. The van der Waals surface area contributed by atoms with Gasteiger partial charge < -0.3 is 21.7 Å². The molecule has 0 unspecified atom stereocenters. The lowest BCUT2D eigenvalue weighted by Gasteiger charge is -2.06. The van der Waals surface area contributed by atoms with E-state index in [2.05, 4.69) is 0 Å². The van der Waals surface area contributed by atoms with E-state index in [0.717, 1.165) is 23.5 Å². The van der Waals surface area contributed by atoms with E-state index < -0.39 is 24.0 Å². The average Bonchev–Trinajstić information content (AvgIpc) is 2.28. The zero-order chi connectivity index (χ0) is 14.1. The molecule has 2 atom stereocenters. The van der Waals surface area contributed by atoms with Gasteiger partial charge >= 0.3 is 11.9 Å². The number of thioether (sulfide) groups is 2. The first-order valence-corrected chi connectivity index (χ1v) is 7.29. The Morgan fingerprint density at radius 2 is 1.22 bits per heavy atom. The normalized spacial score (nSPS) is 13.9. The molecule has 0 fully saturated rings. The van der Waals surface area contributed by atoms with Crippen LogP contribution in [0.25, 0.3) is 0 Å². The van der Waals surface area contributed by atoms with Crippen LogP contribution in [-0.2, 0) is 14.4 Å². The van der Waals surface area contributed by atoms with E-state index in [0.29, 0.717) is 0 Å². The molecule has 0 radical (unpaired) electrons. The van der Waals surface area contributed by atoms with Gasteiger partial charge in [-0.1, -0.05) is 0 Å². The van der Waals surface area contributed by atoms with Crippen molar-refractivity contribution in [2.45, 2.75) is 12.1 Å². The van der Waals surface area contributed by atoms with Crippen LogP contribution in [0, 0.1) is 0 Å². The Bertz CT molecular complexity index is 285. The Morgan fingerprint density at radius 3 is 1.50 bits per heavy atom. The van der Waals surface area contributed by atoms with Crippen LogP contribution in [0.15, 0.2) is 0 Å². The fourth-order valence-electron chi connectivity index (χ4n) is 0.784. The van der Waals surface area contributed by atoms with Crippen molar-refractivity contribution < 1.29 is 24.6 Å². The summed E-state index contributed by atoms with van der Waals surface area (Å²) in [4.78, 5) is 32.1. The van der Waals surface area contributed by atoms with E-state index in [1.165, 1.54) is 0 Å². The number of ketones is 1. The van der Waals surface area contributed by atoms with Gasteiger partial charge in [-0.15, -0.1) is 0 Å². The Kier molecular flexibility index (Phi) is 8.81. The summed E-state index contributed by atoms with van der Waals surface area (Å²) < 4.78 is 0. The highest BCUT2D eigenvalue weighted by atomic mass is 32.2. The van der Waals surface area contributed by atoms with Crippen LogP contribution in [-0.4, -0.2) is 63.0 Å². The maximum absolute atomic E-state index is 11.3. The number of aliphatic carboxylic acids is 2. The predicted molar refractivity (Wildman–Crippen MR) is 70.9 cm³/mol. The molecule has 0 aromatic rings. The smallest absolute Gasteiger partial charge is 0.321 e. The van der Waals surface area contributed by atoms with E-state index in [4.69, 9.17) is 21.7 Å². The number of carbonyl (C=O) groups excluding carboxylic acids is 1. The Labute approximate surface area is 113 Å². The summed E-state index contributed by atoms with van der Waals surface area (Å²) in [6.45, 7) is 0. The third kappa shape index (κ3) is 8.34. The van der Waals surface area contributed by atoms with Gasteiger partial charge in [0.15, 0.2) is 5.78 Å². The van der Waals surface area contributed by atoms with Crippen molar-refractivity contribution in [1.29, 1.82) is 0 Å². The van der Waals surface area contributed by atoms with E-state index in [9.17, 15) is 14.4 Å². The summed E-state index contributed by atoms with van der Waals surface area (Å²) in [7, 11) is 0. The second-order valence-corrected chi connectivity index (χ2v) is 5.52. The standard InChI is InChI=1S/C9H16N2O5S2/c10-6(8(13)14)3-17-1-5(12)2-18-4-7(11)9(15)16/h6-7H,1-4,10-11H2,(H,13,14)(H,15,16)/t6-,7-/m0/s1. The zero-order valence-electron chi connectivity index (χ0n) is 9.57. The lowest BCUT2D eigenvalue weighted by Crippen LogP contribution is -2.33. The first-order valence-electron chi connectivity index (χ1n) is 4.98. The van der Waals surface area contributed by atoms with Gasteiger partial charge in [-0.2, -0.15) is 23.5 Å². The first kappa shape index (κ1) is 17.2. The van der Waals surface area contributed by atoms with Crippen LogP contribution < -0.4 is 11.5 Å². The SMILES string of the molecule is N[C@@H](CSCC(=O)CSC[C@H](N)C(=O)O)C(=O)O. The molecule has 0 saturated heterocycles. The lowest BCUT2D eigenvalue weighted by molar-refractivity contribution is -0.138. The molecule has 18 heavy (non-hydrogen) atoms. The first-order chi connectivity index (χ1) is 8.34. The van der Waals surface area contributed by atoms with Crippen molar-refractivity contribution in [2.75, 3.05) is 23.0 Å². The number of Topliss-reactive ketones (excluding diaryl/α,β-unsaturated/α-hetero) is 1. The minimum Gasteiger partial charge on any atom is -0.480 e. The van der Waals surface area contributed by atoms with Crippen LogP contribution >= 0.6 is 23.5 Å². The molecule has 0 aromatic carbocycles. The fourth-order valence-corrected chi connectivity index (χ4v) is 2.60. The second-order valence-electron chi connectivity index (χ2n) is 3.46. The molecule has 0 aliphatic heterocycles. The van der Waals surface area contributed by atoms with Crippen molar-refractivity contribution in [2.24, 2.45) is 11.5 Å². The number of carboxylic acid groups (broad SMARTS) is 2. The average molecular weight is 296 g/mol. The number of carbonyl (C=O) groups is 3. The number of rotatable bonds is 10. The topological polar surface area (TPSA) is 144 Å². The minimum absolute atomic E-state index is 0.0971. The molecule has 104 valence electrons. The van der Waals surface area contributed by atoms with Crippen LogP contribution in [0.2, 0.25) is 0 Å². The molecule has 0 aromatic heterocycles. The quantitative estimate of drug-likeness (QED) is 0.392. The van der Waals surface area contributed by atoms with Gasteiger partial charge in [0.2, 0.25) is 0 Å². The molecule has 0 rings (SSSR count). The summed E-state index contributed by atoms with van der Waals surface area (Å²) in [5.74, 6) is -1.64. The van der Waals surface area contributed by atoms with Gasteiger partial charge in [0, 0.05) is 11.5 Å². The number of hydrogen-bond donors (Lipinski definition) is 4. The highest BCUT2D eigenvalue weighted by molar-refractivity contribution is 8.01. The molecule has 0 saturated carbocycles. The largest absolute Gasteiger partial charge is 0.480 e. The van der Waals surface area contributed by atoms with Gasteiger partial charge in [0.05, 0.1) is 11.5 Å². The zero-order valence-corrected chi connectivity index (χ0v) is 11.2. The monoisotopic (exact) mass is 296 g/mol. The van der Waals surface area contributed by atoms with Gasteiger partial charge in [-0.25, -0.2) is 0 Å². The van der Waals surface area contributed by atoms with Gasteiger partial charge in [0.25, 0.3) is 0 Å². The lowest BCUT2D eigenvalue weighted by atomic mass is 10.4. The predicted octanol–water partition coefficient (Wildman–Crippen LogP) is -1.15. The molecule has 9 heteroatoms. The van der Waals surface area contributed by atoms with Crippen LogP contribution in [0.5, 0.6) is 0 Å². The van der Waals surface area contributed by atoms with Crippen molar-refractivity contribution in [1.82, 2.24) is 0 Å². The van der Waals surface area contributed by atoms with E-state index >= 15 is 0 Å². The second kappa shape index (κ2) is 9.20. The van der Waals surface area contributed by atoms with Crippen molar-refractivity contribution in [3.8, 4) is 0 Å². The van der Waals surface area contributed by atoms with Gasteiger partial charge in [-0.3, -0.25) is 14.4 Å². The van der Waals surface area contributed by atoms with Crippen LogP contribution in [0.3, 0.4) is 0 Å². The summed E-state index contributed by atoms with van der Waals surface area (Å²) in [6.07, 6.45) is 0. The fraction of sp³-hybridized carbons (Fsp3) is 0.667. The van der Waals surface area contributed by atoms with Crippen LogP contribution in [0.1, 0.15) is 0 Å². The highest BCUT2D eigenvalue weighted by Gasteiger charge is 2.14. The van der Waals surface area contributed by atoms with E-state index in [1.807, 2.05) is 0 Å². The van der Waals surface area contributed by atoms with Crippen molar-refractivity contribution in [3.05, 3.63) is 0 Å². The van der Waals surface area contributed by atoms with Crippen molar-refractivity contribution in [3.63, 3.8) is 0 Å². The molecule has 0 heterocycles. The van der Waals surface area contributed by atoms with Crippen LogP contribution in [0.4, 0.5) is 0 Å². The molecule has 0 aliphatic carbocycles. The Balaban J connectivity index is 3.61. The van der Waals surface area contributed by atoms with Gasteiger partial charge in [0.1, 0.15) is 12.1 Å². The highest BCUT2D eigenvalue weighted by Crippen LogP contribution is 2.07. The summed E-state index contributed by atoms with van der Waals surface area (Å²) >= 11 is 2.29. The maximum atomic E-state index is 11.3. The summed E-state index contributed by atoms with van der Waals surface area (Å²) in [5, 5.41) is 17.0. The number of carboxylic acids is 2. The Morgan fingerprint density at radius 1 is 0.889 bits per heavy atom. The third-order valence-electron chi connectivity index (χ3n) is 1.76. The molecule has 6 N–H and O–H groups in total. The van der Waals surface area contributed by atoms with Crippen molar-refractivity contribution >= 4 is 41.2 Å². The Hall–Kier alpha value is -0.770. The molecule has 0 spiro atoms. The molecule has 0 bridgehead atoms. The van der Waals surface area contributed by atoms with E-state index in [1.54, 1.807) is 0 Å². The summed E-state index contributed by atoms with van der Waals surface area (Å²) in [6, 6.07) is -1.95. The third-order valence-corrected chi connectivity index (χ3v) is 4.00.